The Bertz CT molecular complexity index is 1680. The van der Waals surface area contributed by atoms with Gasteiger partial charge in [-0.15, -0.1) is 13.2 Å². The van der Waals surface area contributed by atoms with Crippen LogP contribution in [0.3, 0.4) is 0 Å². The third kappa shape index (κ3) is 20.5. The number of hydrogen-bond acceptors (Lipinski definition) is 11. The second-order valence-electron chi connectivity index (χ2n) is 13.6. The van der Waals surface area contributed by atoms with Crippen molar-refractivity contribution in [2.24, 2.45) is 5.92 Å². The number of benzene rings is 2. The van der Waals surface area contributed by atoms with Gasteiger partial charge in [-0.1, -0.05) is 38.1 Å². The molecule has 3 rings (SSSR count). The highest BCUT2D eigenvalue weighted by molar-refractivity contribution is 5.85. The van der Waals surface area contributed by atoms with Crippen LogP contribution in [0.1, 0.15) is 56.7 Å². The van der Waals surface area contributed by atoms with E-state index >= 15 is 0 Å². The number of nitrogens with zero attached hydrogens (tertiary/aromatic N) is 1. The van der Waals surface area contributed by atoms with E-state index in [2.05, 4.69) is 39.5 Å². The molecular formula is C41H55F3N4O10. The number of carboxylic acid groups (broad SMARTS) is 1. The highest BCUT2D eigenvalue weighted by Gasteiger charge is 2.32. The molecule has 0 spiro atoms. The number of aryl methyl sites for hydroxylation is 1. The quantitative estimate of drug-likeness (QED) is 0.0595. The van der Waals surface area contributed by atoms with Crippen LogP contribution >= 0.6 is 0 Å². The molecule has 0 aliphatic heterocycles. The molecule has 58 heavy (non-hydrogen) atoms. The number of aliphatic carboxylic acids is 1. The van der Waals surface area contributed by atoms with Gasteiger partial charge in [0.1, 0.15) is 23.9 Å². The highest BCUT2D eigenvalue weighted by Crippen LogP contribution is 2.37. The van der Waals surface area contributed by atoms with Crippen LogP contribution in [0, 0.1) is 12.8 Å². The maximum atomic E-state index is 13.4. The van der Waals surface area contributed by atoms with Crippen LogP contribution < -0.4 is 25.4 Å². The molecule has 0 saturated heterocycles. The van der Waals surface area contributed by atoms with E-state index in [9.17, 15) is 32.7 Å². The van der Waals surface area contributed by atoms with Crippen LogP contribution in [-0.2, 0) is 33.3 Å². The lowest BCUT2D eigenvalue weighted by atomic mass is 9.98. The molecule has 0 saturated carbocycles. The van der Waals surface area contributed by atoms with E-state index in [1.54, 1.807) is 6.20 Å². The molecule has 1 atom stereocenters. The summed E-state index contributed by atoms with van der Waals surface area (Å²) in [5.41, 5.74) is 1.86. The Balaban J connectivity index is 1.45. The first-order valence-electron chi connectivity index (χ1n) is 19.2. The summed E-state index contributed by atoms with van der Waals surface area (Å²) < 4.78 is 72.1. The fourth-order valence-electron chi connectivity index (χ4n) is 5.27. The molecule has 0 bridgehead atoms. The average Bonchev–Trinajstić information content (AvgIpc) is 3.16. The van der Waals surface area contributed by atoms with E-state index in [0.717, 1.165) is 18.1 Å². The topological polar surface area (TPSA) is 176 Å². The van der Waals surface area contributed by atoms with Gasteiger partial charge in [0.15, 0.2) is 0 Å². The van der Waals surface area contributed by atoms with E-state index in [1.807, 2.05) is 19.1 Å². The monoisotopic (exact) mass is 820 g/mol. The number of carbonyl (C=O) groups excluding carboxylic acids is 2. The van der Waals surface area contributed by atoms with Crippen molar-refractivity contribution in [3.05, 3.63) is 71.9 Å². The van der Waals surface area contributed by atoms with Gasteiger partial charge in [-0.05, 0) is 66.6 Å². The number of pyridine rings is 1. The number of aromatic nitrogens is 1. The predicted molar refractivity (Wildman–Crippen MR) is 210 cm³/mol. The molecule has 3 aromatic rings. The third-order valence-corrected chi connectivity index (χ3v) is 8.22. The van der Waals surface area contributed by atoms with Crippen LogP contribution in [0.5, 0.6) is 11.5 Å². The minimum absolute atomic E-state index is 0.0592. The standard InChI is InChI=1S/C41H55F3N4O10/c1-29(2)13-16-53-17-18-54-19-20-55-21-22-56-23-24-57-33-10-11-34(36(26-33)58-41(42,43)44)31-6-8-32(9-7-31)35(27-40(51)52)48-39(50)28-47-38(49)5-4-14-45-37-25-30(3)12-15-46-37/h6-12,15,25-26,29,35H,4-5,13-14,16-24,27-28H2,1-3H3,(H,45,46)(H,47,49)(H,48,50)(H,51,52)/t35-/m0/s1. The molecule has 0 aliphatic carbocycles. The lowest BCUT2D eigenvalue weighted by Crippen LogP contribution is -2.39. The maximum Gasteiger partial charge on any atom is 0.573 e. The molecule has 1 heterocycles. The zero-order valence-corrected chi connectivity index (χ0v) is 33.2. The van der Waals surface area contributed by atoms with Gasteiger partial charge >= 0.3 is 12.3 Å². The number of hydrogen-bond donors (Lipinski definition) is 4. The van der Waals surface area contributed by atoms with Gasteiger partial charge in [-0.3, -0.25) is 14.4 Å². The number of nitrogens with one attached hydrogen (secondary N) is 3. The smallest absolute Gasteiger partial charge is 0.491 e. The Morgan fingerprint density at radius 2 is 1.45 bits per heavy atom. The van der Waals surface area contributed by atoms with Gasteiger partial charge in [-0.2, -0.15) is 0 Å². The third-order valence-electron chi connectivity index (χ3n) is 8.22. The number of alkyl halides is 3. The molecule has 320 valence electrons. The van der Waals surface area contributed by atoms with E-state index in [4.69, 9.17) is 23.7 Å². The molecule has 4 N–H and O–H groups in total. The Morgan fingerprint density at radius 1 is 0.810 bits per heavy atom. The summed E-state index contributed by atoms with van der Waals surface area (Å²) in [6.07, 6.45) is -2.15. The minimum Gasteiger partial charge on any atom is -0.491 e. The number of rotatable bonds is 29. The molecule has 0 radical (unpaired) electrons. The minimum atomic E-state index is -5.00. The summed E-state index contributed by atoms with van der Waals surface area (Å²) in [5, 5.41) is 17.8. The molecule has 14 nitrogen and oxygen atoms in total. The van der Waals surface area contributed by atoms with Crippen molar-refractivity contribution < 1.29 is 61.1 Å². The Kier molecular flexibility index (Phi) is 21.3. The van der Waals surface area contributed by atoms with Crippen molar-refractivity contribution in [2.75, 3.05) is 77.9 Å². The summed E-state index contributed by atoms with van der Waals surface area (Å²) in [7, 11) is 0. The van der Waals surface area contributed by atoms with Crippen LogP contribution in [0.25, 0.3) is 11.1 Å². The number of ether oxygens (including phenoxy) is 6. The molecule has 0 unspecified atom stereocenters. The Morgan fingerprint density at radius 3 is 2.05 bits per heavy atom. The summed E-state index contributed by atoms with van der Waals surface area (Å²) in [4.78, 5) is 40.8. The predicted octanol–water partition coefficient (Wildman–Crippen LogP) is 6.09. The van der Waals surface area contributed by atoms with Gasteiger partial charge in [0.25, 0.3) is 0 Å². The summed E-state index contributed by atoms with van der Waals surface area (Å²) in [5.74, 6) is -1.26. The van der Waals surface area contributed by atoms with Crippen LogP contribution in [0.4, 0.5) is 19.0 Å². The van der Waals surface area contributed by atoms with Crippen LogP contribution in [0.2, 0.25) is 0 Å². The molecule has 0 aliphatic rings. The zero-order chi connectivity index (χ0) is 42.2. The number of carbonyl (C=O) groups is 3. The van der Waals surface area contributed by atoms with Gasteiger partial charge in [0.05, 0.1) is 65.3 Å². The molecular weight excluding hydrogens is 765 g/mol. The highest BCUT2D eigenvalue weighted by atomic mass is 19.4. The summed E-state index contributed by atoms with van der Waals surface area (Å²) >= 11 is 0. The van der Waals surface area contributed by atoms with Crippen molar-refractivity contribution in [1.29, 1.82) is 0 Å². The fourth-order valence-corrected chi connectivity index (χ4v) is 5.27. The molecule has 1 aromatic heterocycles. The average molecular weight is 821 g/mol. The van der Waals surface area contributed by atoms with Gasteiger partial charge < -0.3 is 49.5 Å². The zero-order valence-electron chi connectivity index (χ0n) is 33.2. The van der Waals surface area contributed by atoms with E-state index in [1.165, 1.54) is 36.4 Å². The first-order chi connectivity index (χ1) is 27.8. The second-order valence-corrected chi connectivity index (χ2v) is 13.6. The van der Waals surface area contributed by atoms with Gasteiger partial charge in [0, 0.05) is 37.4 Å². The normalized spacial score (nSPS) is 11.9. The van der Waals surface area contributed by atoms with E-state index in [-0.39, 0.29) is 43.4 Å². The van der Waals surface area contributed by atoms with Crippen molar-refractivity contribution in [3.8, 4) is 22.6 Å². The van der Waals surface area contributed by atoms with Gasteiger partial charge in [0.2, 0.25) is 11.8 Å². The Hall–Kier alpha value is -4.97. The van der Waals surface area contributed by atoms with E-state index < -0.39 is 36.5 Å². The summed E-state index contributed by atoms with van der Waals surface area (Å²) in [6.45, 7) is 9.76. The number of amides is 2. The number of anilines is 1. The number of halogens is 3. The number of carboxylic acids is 1. The van der Waals surface area contributed by atoms with E-state index in [0.29, 0.717) is 82.1 Å². The SMILES string of the molecule is Cc1ccnc(NCCCC(=O)NCC(=O)N[C@@H](CC(=O)O)c2ccc(-c3ccc(OCCOCCOCCOCCOCCC(C)C)cc3OC(F)(F)F)cc2)c1. The van der Waals surface area contributed by atoms with Crippen molar-refractivity contribution >= 4 is 23.6 Å². The second kappa shape index (κ2) is 26.1. The van der Waals surface area contributed by atoms with Crippen molar-refractivity contribution in [1.82, 2.24) is 15.6 Å². The van der Waals surface area contributed by atoms with Crippen LogP contribution in [-0.4, -0.2) is 107 Å². The molecule has 2 aromatic carbocycles. The van der Waals surface area contributed by atoms with Crippen molar-refractivity contribution in [3.63, 3.8) is 0 Å². The van der Waals surface area contributed by atoms with Gasteiger partial charge in [-0.25, -0.2) is 4.98 Å². The lowest BCUT2D eigenvalue weighted by Gasteiger charge is -2.19. The van der Waals surface area contributed by atoms with Crippen molar-refractivity contribution in [2.45, 2.75) is 58.9 Å². The summed E-state index contributed by atoms with van der Waals surface area (Å²) in [6, 6.07) is 12.8. The fraction of sp³-hybridized carbons (Fsp3) is 0.512. The van der Waals surface area contributed by atoms with Crippen LogP contribution in [0.15, 0.2) is 60.8 Å². The molecule has 17 heteroatoms. The Labute approximate surface area is 337 Å². The first kappa shape index (κ1) is 47.4. The first-order valence-corrected chi connectivity index (χ1v) is 19.2. The largest absolute Gasteiger partial charge is 0.573 e. The molecule has 2 amide bonds. The lowest BCUT2D eigenvalue weighted by molar-refractivity contribution is -0.274. The molecule has 0 fully saturated rings. The maximum absolute atomic E-state index is 13.4.